The second-order valence-electron chi connectivity index (χ2n) is 6.63. The van der Waals surface area contributed by atoms with Crippen LogP contribution in [0.25, 0.3) is 0 Å². The number of piperazine rings is 1. The van der Waals surface area contributed by atoms with E-state index in [2.05, 4.69) is 22.2 Å². The van der Waals surface area contributed by atoms with Crippen molar-refractivity contribution in [3.05, 3.63) is 62.7 Å². The second-order valence-corrected chi connectivity index (χ2v) is 7.07. The molecule has 0 saturated carbocycles. The minimum atomic E-state index is -0.525. The highest BCUT2D eigenvalue weighted by Crippen LogP contribution is 2.31. The average Bonchev–Trinajstić information content (AvgIpc) is 2.62. The molecule has 0 atom stereocenters. The van der Waals surface area contributed by atoms with Crippen molar-refractivity contribution >= 4 is 34.6 Å². The van der Waals surface area contributed by atoms with Crippen LogP contribution >= 0.6 is 11.6 Å². The molecular weight excluding hydrogens is 368 g/mol. The Bertz CT molecular complexity index is 879. The molecule has 1 saturated heterocycles. The van der Waals surface area contributed by atoms with Crippen molar-refractivity contribution < 1.29 is 9.72 Å². The minimum absolute atomic E-state index is 0.0318. The first-order valence-corrected chi connectivity index (χ1v) is 9.03. The first kappa shape index (κ1) is 19.1. The Labute approximate surface area is 162 Å². The van der Waals surface area contributed by atoms with E-state index in [9.17, 15) is 14.9 Å². The van der Waals surface area contributed by atoms with E-state index in [1.165, 1.54) is 6.07 Å². The fourth-order valence-corrected chi connectivity index (χ4v) is 3.38. The number of halogens is 1. The topological polar surface area (TPSA) is 78.7 Å². The second kappa shape index (κ2) is 7.94. The first-order chi connectivity index (χ1) is 12.9. The molecule has 0 radical (unpaired) electrons. The summed E-state index contributed by atoms with van der Waals surface area (Å²) in [5.74, 6) is -0.525. The van der Waals surface area contributed by atoms with Gasteiger partial charge in [-0.15, -0.1) is 0 Å². The number of nitrogens with one attached hydrogen (secondary N) is 1. The van der Waals surface area contributed by atoms with Crippen LogP contribution in [0.4, 0.5) is 17.1 Å². The van der Waals surface area contributed by atoms with Crippen molar-refractivity contribution in [3.8, 4) is 0 Å². The van der Waals surface area contributed by atoms with Gasteiger partial charge in [0.25, 0.3) is 11.6 Å². The molecule has 1 N–H and O–H groups in total. The van der Waals surface area contributed by atoms with E-state index in [-0.39, 0.29) is 11.3 Å². The molecule has 8 heteroatoms. The van der Waals surface area contributed by atoms with E-state index < -0.39 is 10.8 Å². The van der Waals surface area contributed by atoms with Crippen LogP contribution in [0.1, 0.15) is 15.9 Å². The molecule has 1 fully saturated rings. The molecule has 0 aromatic heterocycles. The molecule has 2 aromatic rings. The highest BCUT2D eigenvalue weighted by Gasteiger charge is 2.24. The maximum Gasteiger partial charge on any atom is 0.285 e. The predicted molar refractivity (Wildman–Crippen MR) is 107 cm³/mol. The van der Waals surface area contributed by atoms with E-state index in [4.69, 9.17) is 11.6 Å². The summed E-state index contributed by atoms with van der Waals surface area (Å²) in [7, 11) is 2.07. The number of nitro benzene ring substituents is 1. The van der Waals surface area contributed by atoms with Crippen molar-refractivity contribution in [1.29, 1.82) is 0 Å². The van der Waals surface area contributed by atoms with Crippen molar-refractivity contribution in [2.45, 2.75) is 6.92 Å². The Hall–Kier alpha value is -2.64. The molecule has 1 aliphatic heterocycles. The van der Waals surface area contributed by atoms with E-state index in [1.54, 1.807) is 31.2 Å². The molecule has 2 aromatic carbocycles. The van der Waals surface area contributed by atoms with Crippen LogP contribution in [0.5, 0.6) is 0 Å². The molecule has 0 bridgehead atoms. The summed E-state index contributed by atoms with van der Waals surface area (Å²) >= 11 is 6.13. The standard InChI is InChI=1S/C19H21ClN4O3/c1-13-4-3-5-15(18(13)24(26)27)19(25)21-16-12-14(20)6-7-17(16)23-10-8-22(2)9-11-23/h3-7,12H,8-11H2,1-2H3,(H,21,25). The van der Waals surface area contributed by atoms with Gasteiger partial charge in [-0.3, -0.25) is 14.9 Å². The number of likely N-dealkylation sites (N-methyl/N-ethyl adjacent to an activating group) is 1. The SMILES string of the molecule is Cc1cccc(C(=O)Nc2cc(Cl)ccc2N2CCN(C)CC2)c1[N+](=O)[O-]. The smallest absolute Gasteiger partial charge is 0.285 e. The summed E-state index contributed by atoms with van der Waals surface area (Å²) in [6, 6.07) is 10.0. The minimum Gasteiger partial charge on any atom is -0.367 e. The van der Waals surface area contributed by atoms with Gasteiger partial charge < -0.3 is 15.1 Å². The Morgan fingerprint density at radius 1 is 1.19 bits per heavy atom. The average molecular weight is 389 g/mol. The van der Waals surface area contributed by atoms with E-state index in [1.807, 2.05) is 6.07 Å². The van der Waals surface area contributed by atoms with Crippen LogP contribution < -0.4 is 10.2 Å². The molecule has 0 spiro atoms. The highest BCUT2D eigenvalue weighted by atomic mass is 35.5. The third-order valence-electron chi connectivity index (χ3n) is 4.72. The number of para-hydroxylation sites is 1. The maximum atomic E-state index is 12.8. The fourth-order valence-electron chi connectivity index (χ4n) is 3.21. The molecule has 7 nitrogen and oxygen atoms in total. The molecule has 0 aliphatic carbocycles. The van der Waals surface area contributed by atoms with Crippen LogP contribution in [0.3, 0.4) is 0 Å². The van der Waals surface area contributed by atoms with Crippen LogP contribution in [-0.2, 0) is 0 Å². The molecule has 0 unspecified atom stereocenters. The lowest BCUT2D eigenvalue weighted by atomic mass is 10.1. The number of anilines is 2. The van der Waals surface area contributed by atoms with Gasteiger partial charge in [-0.05, 0) is 38.2 Å². The maximum absolute atomic E-state index is 12.8. The quantitative estimate of drug-likeness (QED) is 0.640. The number of nitro groups is 1. The lowest BCUT2D eigenvalue weighted by Crippen LogP contribution is -2.44. The van der Waals surface area contributed by atoms with E-state index in [0.717, 1.165) is 31.9 Å². The molecular formula is C19H21ClN4O3. The zero-order valence-electron chi connectivity index (χ0n) is 15.2. The van der Waals surface area contributed by atoms with Gasteiger partial charge >= 0.3 is 0 Å². The summed E-state index contributed by atoms with van der Waals surface area (Å²) in [5, 5.41) is 14.7. The van der Waals surface area contributed by atoms with Crippen molar-refractivity contribution in [2.24, 2.45) is 0 Å². The molecule has 1 amide bonds. The summed E-state index contributed by atoms with van der Waals surface area (Å²) in [4.78, 5) is 28.1. The van der Waals surface area contributed by atoms with Crippen LogP contribution in [0.2, 0.25) is 5.02 Å². The van der Waals surface area contributed by atoms with Gasteiger partial charge in [0.1, 0.15) is 5.56 Å². The van der Waals surface area contributed by atoms with E-state index in [0.29, 0.717) is 16.3 Å². The third-order valence-corrected chi connectivity index (χ3v) is 4.95. The number of nitrogens with zero attached hydrogens (tertiary/aromatic N) is 3. The largest absolute Gasteiger partial charge is 0.367 e. The number of carbonyl (C=O) groups excluding carboxylic acids is 1. The normalized spacial score (nSPS) is 14.9. The fraction of sp³-hybridized carbons (Fsp3) is 0.316. The Morgan fingerprint density at radius 3 is 2.56 bits per heavy atom. The number of benzene rings is 2. The third kappa shape index (κ3) is 4.20. The molecule has 1 heterocycles. The molecule has 3 rings (SSSR count). The van der Waals surface area contributed by atoms with Crippen molar-refractivity contribution in [3.63, 3.8) is 0 Å². The van der Waals surface area contributed by atoms with E-state index >= 15 is 0 Å². The van der Waals surface area contributed by atoms with Crippen LogP contribution in [0.15, 0.2) is 36.4 Å². The zero-order chi connectivity index (χ0) is 19.6. The summed E-state index contributed by atoms with van der Waals surface area (Å²) in [6.45, 7) is 5.10. The predicted octanol–water partition coefficient (Wildman–Crippen LogP) is 3.56. The lowest BCUT2D eigenvalue weighted by molar-refractivity contribution is -0.385. The van der Waals surface area contributed by atoms with Crippen LogP contribution in [-0.4, -0.2) is 49.0 Å². The number of hydrogen-bond donors (Lipinski definition) is 1. The number of amides is 1. The first-order valence-electron chi connectivity index (χ1n) is 8.65. The summed E-state index contributed by atoms with van der Waals surface area (Å²) < 4.78 is 0. The van der Waals surface area contributed by atoms with Gasteiger partial charge in [-0.25, -0.2) is 0 Å². The van der Waals surface area contributed by atoms with Crippen molar-refractivity contribution in [1.82, 2.24) is 4.90 Å². The molecule has 1 aliphatic rings. The van der Waals surface area contributed by atoms with Gasteiger partial charge in [0.05, 0.1) is 16.3 Å². The van der Waals surface area contributed by atoms with Crippen molar-refractivity contribution in [2.75, 3.05) is 43.4 Å². The monoisotopic (exact) mass is 388 g/mol. The Morgan fingerprint density at radius 2 is 1.89 bits per heavy atom. The number of hydrogen-bond acceptors (Lipinski definition) is 5. The number of aryl methyl sites for hydroxylation is 1. The molecule has 27 heavy (non-hydrogen) atoms. The highest BCUT2D eigenvalue weighted by molar-refractivity contribution is 6.31. The van der Waals surface area contributed by atoms with Gasteiger partial charge in [0.15, 0.2) is 0 Å². The summed E-state index contributed by atoms with van der Waals surface area (Å²) in [6.07, 6.45) is 0. The lowest BCUT2D eigenvalue weighted by Gasteiger charge is -2.35. The van der Waals surface area contributed by atoms with Gasteiger partial charge in [0.2, 0.25) is 0 Å². The Balaban J connectivity index is 1.92. The van der Waals surface area contributed by atoms with Gasteiger partial charge in [-0.1, -0.05) is 23.7 Å². The van der Waals surface area contributed by atoms with Gasteiger partial charge in [-0.2, -0.15) is 0 Å². The summed E-state index contributed by atoms with van der Waals surface area (Å²) in [5.41, 5.74) is 1.70. The number of rotatable bonds is 4. The zero-order valence-corrected chi connectivity index (χ0v) is 16.0. The Kier molecular flexibility index (Phi) is 5.62. The molecule has 142 valence electrons. The number of carbonyl (C=O) groups is 1. The van der Waals surface area contributed by atoms with Gasteiger partial charge in [0, 0.05) is 36.8 Å². The van der Waals surface area contributed by atoms with Crippen LogP contribution in [0, 0.1) is 17.0 Å².